The number of nitro benzene ring substituents is 1. The number of hydrogen-bond donors (Lipinski definition) is 1. The maximum Gasteiger partial charge on any atom is 0.270 e. The van der Waals surface area contributed by atoms with Crippen LogP contribution in [0.1, 0.15) is 5.56 Å². The highest BCUT2D eigenvalue weighted by molar-refractivity contribution is 9.10. The molecule has 2 aromatic carbocycles. The van der Waals surface area contributed by atoms with Gasteiger partial charge in [-0.3, -0.25) is 10.1 Å². The minimum atomic E-state index is -0.415. The fraction of sp³-hybridized carbons (Fsp3) is 0.0769. The third-order valence-corrected chi connectivity index (χ3v) is 3.12. The van der Waals surface area contributed by atoms with Gasteiger partial charge >= 0.3 is 0 Å². The van der Waals surface area contributed by atoms with Crippen LogP contribution in [0.5, 0.6) is 0 Å². The first-order chi connectivity index (χ1) is 8.56. The van der Waals surface area contributed by atoms with Crippen molar-refractivity contribution >= 4 is 33.0 Å². The van der Waals surface area contributed by atoms with Gasteiger partial charge in [-0.05, 0) is 46.6 Å². The van der Waals surface area contributed by atoms with E-state index in [4.69, 9.17) is 0 Å². The van der Waals surface area contributed by atoms with Crippen LogP contribution in [-0.2, 0) is 0 Å². The van der Waals surface area contributed by atoms with Gasteiger partial charge in [-0.25, -0.2) is 0 Å². The first-order valence-electron chi connectivity index (χ1n) is 5.34. The Morgan fingerprint density at radius 2 is 2.00 bits per heavy atom. The smallest absolute Gasteiger partial charge is 0.270 e. The normalized spacial score (nSPS) is 10.1. The van der Waals surface area contributed by atoms with E-state index in [1.54, 1.807) is 6.07 Å². The highest BCUT2D eigenvalue weighted by atomic mass is 79.9. The quantitative estimate of drug-likeness (QED) is 0.675. The number of hydrogen-bond acceptors (Lipinski definition) is 3. The molecule has 0 aliphatic heterocycles. The second-order valence-corrected chi connectivity index (χ2v) is 4.77. The molecule has 0 aliphatic rings. The number of halogens is 1. The largest absolute Gasteiger partial charge is 0.355 e. The summed E-state index contributed by atoms with van der Waals surface area (Å²) in [5, 5.41) is 13.8. The Bertz CT molecular complexity index is 599. The molecule has 0 saturated carbocycles. The van der Waals surface area contributed by atoms with E-state index in [0.717, 1.165) is 16.9 Å². The molecule has 4 nitrogen and oxygen atoms in total. The van der Waals surface area contributed by atoms with Crippen LogP contribution in [0.3, 0.4) is 0 Å². The average molecular weight is 307 g/mol. The number of nitrogens with one attached hydrogen (secondary N) is 1. The summed E-state index contributed by atoms with van der Waals surface area (Å²) in [6.07, 6.45) is 0. The van der Waals surface area contributed by atoms with Crippen molar-refractivity contribution in [3.05, 3.63) is 62.6 Å². The van der Waals surface area contributed by atoms with Gasteiger partial charge in [0.15, 0.2) is 0 Å². The van der Waals surface area contributed by atoms with Crippen molar-refractivity contribution in [2.24, 2.45) is 0 Å². The lowest BCUT2D eigenvalue weighted by atomic mass is 10.2. The summed E-state index contributed by atoms with van der Waals surface area (Å²) in [6.45, 7) is 2.01. The van der Waals surface area contributed by atoms with Gasteiger partial charge in [0, 0.05) is 22.3 Å². The Balaban J connectivity index is 2.27. The zero-order valence-electron chi connectivity index (χ0n) is 9.68. The zero-order valence-corrected chi connectivity index (χ0v) is 11.3. The third-order valence-electron chi connectivity index (χ3n) is 2.46. The van der Waals surface area contributed by atoms with Crippen LogP contribution in [-0.4, -0.2) is 4.92 Å². The van der Waals surface area contributed by atoms with Gasteiger partial charge in [0.05, 0.1) is 10.6 Å². The zero-order chi connectivity index (χ0) is 13.1. The van der Waals surface area contributed by atoms with Crippen molar-refractivity contribution in [3.63, 3.8) is 0 Å². The van der Waals surface area contributed by atoms with Crippen LogP contribution in [0.25, 0.3) is 0 Å². The van der Waals surface area contributed by atoms with Crippen LogP contribution in [0.4, 0.5) is 17.1 Å². The van der Waals surface area contributed by atoms with Crippen molar-refractivity contribution in [1.29, 1.82) is 0 Å². The van der Waals surface area contributed by atoms with Gasteiger partial charge < -0.3 is 5.32 Å². The Labute approximate surface area is 113 Å². The monoisotopic (exact) mass is 306 g/mol. The third kappa shape index (κ3) is 2.87. The molecular weight excluding hydrogens is 296 g/mol. The predicted octanol–water partition coefficient (Wildman–Crippen LogP) is 4.41. The molecule has 92 valence electrons. The molecule has 0 saturated heterocycles. The highest BCUT2D eigenvalue weighted by Gasteiger charge is 2.09. The fourth-order valence-corrected chi connectivity index (χ4v) is 2.06. The van der Waals surface area contributed by atoms with Gasteiger partial charge in [0.2, 0.25) is 0 Å². The second-order valence-electron chi connectivity index (χ2n) is 3.92. The van der Waals surface area contributed by atoms with E-state index in [9.17, 15) is 10.1 Å². The molecule has 0 atom stereocenters. The van der Waals surface area contributed by atoms with Crippen LogP contribution in [0.15, 0.2) is 46.9 Å². The SMILES string of the molecule is Cc1cccc(Nc2ccc([N+](=O)[O-])cc2Br)c1. The molecule has 0 amide bonds. The average Bonchev–Trinajstić information content (AvgIpc) is 2.31. The Hall–Kier alpha value is -1.88. The van der Waals surface area contributed by atoms with Crippen molar-refractivity contribution in [2.75, 3.05) is 5.32 Å². The van der Waals surface area contributed by atoms with Gasteiger partial charge in [-0.2, -0.15) is 0 Å². The molecule has 0 bridgehead atoms. The highest BCUT2D eigenvalue weighted by Crippen LogP contribution is 2.29. The summed E-state index contributed by atoms with van der Waals surface area (Å²) >= 11 is 3.32. The Morgan fingerprint density at radius 1 is 1.22 bits per heavy atom. The molecular formula is C13H11BrN2O2. The summed E-state index contributed by atoms with van der Waals surface area (Å²) in [6, 6.07) is 12.6. The lowest BCUT2D eigenvalue weighted by Crippen LogP contribution is -1.93. The lowest BCUT2D eigenvalue weighted by Gasteiger charge is -2.08. The maximum absolute atomic E-state index is 10.6. The molecule has 2 aromatic rings. The Morgan fingerprint density at radius 3 is 2.61 bits per heavy atom. The molecule has 0 unspecified atom stereocenters. The molecule has 0 fully saturated rings. The molecule has 0 radical (unpaired) electrons. The molecule has 2 rings (SSSR count). The lowest BCUT2D eigenvalue weighted by molar-refractivity contribution is -0.384. The van der Waals surface area contributed by atoms with Gasteiger partial charge in [0.25, 0.3) is 5.69 Å². The number of benzene rings is 2. The number of aryl methyl sites for hydroxylation is 1. The molecule has 0 aliphatic carbocycles. The molecule has 1 N–H and O–H groups in total. The van der Waals surface area contributed by atoms with Crippen LogP contribution >= 0.6 is 15.9 Å². The van der Waals surface area contributed by atoms with Gasteiger partial charge in [-0.15, -0.1) is 0 Å². The first-order valence-corrected chi connectivity index (χ1v) is 6.13. The fourth-order valence-electron chi connectivity index (χ4n) is 1.60. The van der Waals surface area contributed by atoms with Crippen LogP contribution in [0, 0.1) is 17.0 Å². The van der Waals surface area contributed by atoms with E-state index in [1.807, 2.05) is 31.2 Å². The first kappa shape index (κ1) is 12.6. The van der Waals surface area contributed by atoms with Crippen LogP contribution in [0.2, 0.25) is 0 Å². The Kier molecular flexibility index (Phi) is 3.62. The van der Waals surface area contributed by atoms with E-state index in [-0.39, 0.29) is 5.69 Å². The van der Waals surface area contributed by atoms with Gasteiger partial charge in [-0.1, -0.05) is 12.1 Å². The number of nitro groups is 1. The standard InChI is InChI=1S/C13H11BrN2O2/c1-9-3-2-4-10(7-9)15-13-6-5-11(16(17)18)8-12(13)14/h2-8,15H,1H3. The molecule has 18 heavy (non-hydrogen) atoms. The summed E-state index contributed by atoms with van der Waals surface area (Å²) in [5.41, 5.74) is 2.96. The van der Waals surface area contributed by atoms with Crippen molar-refractivity contribution in [2.45, 2.75) is 6.92 Å². The number of rotatable bonds is 3. The van der Waals surface area contributed by atoms with Crippen molar-refractivity contribution < 1.29 is 4.92 Å². The number of anilines is 2. The van der Waals surface area contributed by atoms with E-state index in [0.29, 0.717) is 4.47 Å². The van der Waals surface area contributed by atoms with E-state index in [1.165, 1.54) is 12.1 Å². The second kappa shape index (κ2) is 5.18. The minimum absolute atomic E-state index is 0.0664. The number of nitrogens with zero attached hydrogens (tertiary/aromatic N) is 1. The summed E-state index contributed by atoms with van der Waals surface area (Å²) in [7, 11) is 0. The van der Waals surface area contributed by atoms with E-state index in [2.05, 4.69) is 21.2 Å². The number of non-ortho nitro benzene ring substituents is 1. The van der Waals surface area contributed by atoms with E-state index >= 15 is 0 Å². The predicted molar refractivity (Wildman–Crippen MR) is 75.3 cm³/mol. The van der Waals surface area contributed by atoms with Crippen LogP contribution < -0.4 is 5.32 Å². The van der Waals surface area contributed by atoms with E-state index < -0.39 is 4.92 Å². The molecule has 0 aromatic heterocycles. The van der Waals surface area contributed by atoms with Crippen molar-refractivity contribution in [3.8, 4) is 0 Å². The molecule has 0 heterocycles. The topological polar surface area (TPSA) is 55.2 Å². The van der Waals surface area contributed by atoms with Crippen molar-refractivity contribution in [1.82, 2.24) is 0 Å². The summed E-state index contributed by atoms with van der Waals surface area (Å²) in [5.74, 6) is 0. The minimum Gasteiger partial charge on any atom is -0.355 e. The maximum atomic E-state index is 10.6. The summed E-state index contributed by atoms with van der Waals surface area (Å²) < 4.78 is 0.665. The molecule has 5 heteroatoms. The molecule has 0 spiro atoms. The van der Waals surface area contributed by atoms with Gasteiger partial charge in [0.1, 0.15) is 0 Å². The summed E-state index contributed by atoms with van der Waals surface area (Å²) in [4.78, 5) is 10.2.